The van der Waals surface area contributed by atoms with Crippen molar-refractivity contribution in [3.05, 3.63) is 34.9 Å². The van der Waals surface area contributed by atoms with E-state index < -0.39 is 5.54 Å². The van der Waals surface area contributed by atoms with E-state index in [1.807, 2.05) is 35.4 Å². The van der Waals surface area contributed by atoms with Gasteiger partial charge in [-0.1, -0.05) is 23.7 Å². The molecule has 116 valence electrons. The van der Waals surface area contributed by atoms with E-state index >= 15 is 0 Å². The zero-order valence-electron chi connectivity index (χ0n) is 12.7. The molecule has 2 aliphatic heterocycles. The van der Waals surface area contributed by atoms with Gasteiger partial charge in [-0.2, -0.15) is 0 Å². The molecule has 2 unspecified atom stereocenters. The zero-order valence-corrected chi connectivity index (χ0v) is 13.5. The smallest absolute Gasteiger partial charge is 0.222 e. The standard InChI is InChI=1S/C17H20ClN3O/c1-13-3-2-10-21(13)16(22)8-9-17(11-19-12-20-17)14-4-6-15(18)7-5-14/h4-7,11-13H,2-3,8-10H2,1H3. The third-order valence-electron chi connectivity index (χ3n) is 4.58. The predicted molar refractivity (Wildman–Crippen MR) is 89.8 cm³/mol. The minimum Gasteiger partial charge on any atom is -0.340 e. The molecular weight excluding hydrogens is 298 g/mol. The summed E-state index contributed by atoms with van der Waals surface area (Å²) in [4.78, 5) is 23.1. The number of likely N-dealkylation sites (tertiary alicyclic amines) is 1. The number of hydrogen-bond donors (Lipinski definition) is 0. The average molecular weight is 318 g/mol. The molecule has 1 saturated heterocycles. The van der Waals surface area contributed by atoms with Crippen molar-refractivity contribution in [1.29, 1.82) is 0 Å². The lowest BCUT2D eigenvalue weighted by Gasteiger charge is -2.26. The second-order valence-electron chi connectivity index (χ2n) is 6.03. The summed E-state index contributed by atoms with van der Waals surface area (Å²) in [7, 11) is 0. The maximum atomic E-state index is 12.4. The second kappa shape index (κ2) is 6.21. The minimum atomic E-state index is -0.525. The molecule has 0 radical (unpaired) electrons. The Bertz CT molecular complexity index is 597. The molecule has 0 bridgehead atoms. The SMILES string of the molecule is CC1CCCN1C(=O)CCC1(c2ccc(Cl)cc2)C=NC=N1. The van der Waals surface area contributed by atoms with Crippen molar-refractivity contribution in [3.63, 3.8) is 0 Å². The number of aliphatic imine (C=N–C) groups is 2. The van der Waals surface area contributed by atoms with Gasteiger partial charge in [0.15, 0.2) is 0 Å². The Labute approximate surface area is 135 Å². The fourth-order valence-corrected chi connectivity index (χ4v) is 3.36. The number of carbonyl (C=O) groups excluding carboxylic acids is 1. The van der Waals surface area contributed by atoms with E-state index in [-0.39, 0.29) is 5.91 Å². The van der Waals surface area contributed by atoms with Crippen molar-refractivity contribution in [3.8, 4) is 0 Å². The van der Waals surface area contributed by atoms with E-state index in [2.05, 4.69) is 16.9 Å². The second-order valence-corrected chi connectivity index (χ2v) is 6.47. The molecule has 0 spiro atoms. The number of hydrogen-bond acceptors (Lipinski definition) is 3. The average Bonchev–Trinajstić information content (AvgIpc) is 3.15. The van der Waals surface area contributed by atoms with E-state index in [1.54, 1.807) is 6.34 Å². The summed E-state index contributed by atoms with van der Waals surface area (Å²) in [6.07, 6.45) is 6.73. The van der Waals surface area contributed by atoms with Gasteiger partial charge in [0, 0.05) is 30.2 Å². The normalized spacial score (nSPS) is 26.8. The van der Waals surface area contributed by atoms with Crippen LogP contribution in [0.4, 0.5) is 0 Å². The Kier molecular flexibility index (Phi) is 4.30. The molecule has 2 heterocycles. The van der Waals surface area contributed by atoms with E-state index in [1.165, 1.54) is 0 Å². The zero-order chi connectivity index (χ0) is 15.6. The van der Waals surface area contributed by atoms with E-state index in [9.17, 15) is 4.79 Å². The fourth-order valence-electron chi connectivity index (χ4n) is 3.23. The van der Waals surface area contributed by atoms with Crippen LogP contribution in [0, 0.1) is 0 Å². The van der Waals surface area contributed by atoms with Crippen LogP contribution >= 0.6 is 11.6 Å². The van der Waals surface area contributed by atoms with Gasteiger partial charge in [-0.05, 0) is 43.9 Å². The third kappa shape index (κ3) is 2.93. The molecule has 3 rings (SSSR count). The maximum absolute atomic E-state index is 12.4. The number of carbonyl (C=O) groups is 1. The van der Waals surface area contributed by atoms with Gasteiger partial charge in [-0.15, -0.1) is 0 Å². The van der Waals surface area contributed by atoms with Crippen molar-refractivity contribution in [1.82, 2.24) is 4.90 Å². The maximum Gasteiger partial charge on any atom is 0.222 e. The van der Waals surface area contributed by atoms with Crippen molar-refractivity contribution in [2.45, 2.75) is 44.2 Å². The fraction of sp³-hybridized carbons (Fsp3) is 0.471. The first-order chi connectivity index (χ1) is 10.6. The molecular formula is C17H20ClN3O. The molecule has 2 aliphatic rings. The van der Waals surface area contributed by atoms with Gasteiger partial charge in [0.05, 0.1) is 0 Å². The van der Waals surface area contributed by atoms with Crippen molar-refractivity contribution >= 4 is 30.1 Å². The highest BCUT2D eigenvalue weighted by atomic mass is 35.5. The van der Waals surface area contributed by atoms with Crippen LogP contribution in [0.15, 0.2) is 34.3 Å². The highest BCUT2D eigenvalue weighted by Gasteiger charge is 2.34. The molecule has 2 atom stereocenters. The minimum absolute atomic E-state index is 0.217. The monoisotopic (exact) mass is 317 g/mol. The summed E-state index contributed by atoms with van der Waals surface area (Å²) in [5.74, 6) is 0.217. The summed E-state index contributed by atoms with van der Waals surface area (Å²) in [5, 5.41) is 0.694. The summed E-state index contributed by atoms with van der Waals surface area (Å²) >= 11 is 5.96. The van der Waals surface area contributed by atoms with Crippen molar-refractivity contribution < 1.29 is 4.79 Å². The van der Waals surface area contributed by atoms with Gasteiger partial charge in [-0.25, -0.2) is 4.99 Å². The number of rotatable bonds is 4. The van der Waals surface area contributed by atoms with Crippen LogP contribution in [0.3, 0.4) is 0 Å². The molecule has 0 aliphatic carbocycles. The van der Waals surface area contributed by atoms with Crippen LogP contribution in [-0.4, -0.2) is 35.9 Å². The van der Waals surface area contributed by atoms with Crippen LogP contribution in [0.1, 0.15) is 38.2 Å². The lowest BCUT2D eigenvalue weighted by Crippen LogP contribution is -2.35. The summed E-state index contributed by atoms with van der Waals surface area (Å²) in [5.41, 5.74) is 0.500. The Morgan fingerprint density at radius 1 is 1.41 bits per heavy atom. The van der Waals surface area contributed by atoms with Gasteiger partial charge in [0.1, 0.15) is 11.9 Å². The third-order valence-corrected chi connectivity index (χ3v) is 4.83. The number of benzene rings is 1. The van der Waals surface area contributed by atoms with Crippen LogP contribution in [0.25, 0.3) is 0 Å². The molecule has 0 saturated carbocycles. The molecule has 0 aromatic heterocycles. The number of halogens is 1. The Morgan fingerprint density at radius 3 is 2.77 bits per heavy atom. The van der Waals surface area contributed by atoms with Crippen LogP contribution < -0.4 is 0 Å². The largest absolute Gasteiger partial charge is 0.340 e. The van der Waals surface area contributed by atoms with E-state index in [0.29, 0.717) is 23.9 Å². The first kappa shape index (κ1) is 15.2. The molecule has 0 N–H and O–H groups in total. The van der Waals surface area contributed by atoms with Crippen LogP contribution in [0.5, 0.6) is 0 Å². The summed E-state index contributed by atoms with van der Waals surface area (Å²) in [6.45, 7) is 3.00. The van der Waals surface area contributed by atoms with E-state index in [4.69, 9.17) is 11.6 Å². The lowest BCUT2D eigenvalue weighted by atomic mass is 9.87. The molecule has 4 nitrogen and oxygen atoms in total. The lowest BCUT2D eigenvalue weighted by molar-refractivity contribution is -0.132. The van der Waals surface area contributed by atoms with Crippen molar-refractivity contribution in [2.24, 2.45) is 9.98 Å². The summed E-state index contributed by atoms with van der Waals surface area (Å²) < 4.78 is 0. The quantitative estimate of drug-likeness (QED) is 0.839. The number of amides is 1. The van der Waals surface area contributed by atoms with Crippen LogP contribution in [0.2, 0.25) is 5.02 Å². The van der Waals surface area contributed by atoms with Gasteiger partial charge >= 0.3 is 0 Å². The molecule has 1 aromatic carbocycles. The molecule has 1 amide bonds. The molecule has 1 aromatic rings. The first-order valence-corrected chi connectivity index (χ1v) is 8.12. The molecule has 22 heavy (non-hydrogen) atoms. The van der Waals surface area contributed by atoms with E-state index in [0.717, 1.165) is 24.9 Å². The summed E-state index contributed by atoms with van der Waals surface area (Å²) in [6, 6.07) is 7.98. The highest BCUT2D eigenvalue weighted by molar-refractivity contribution is 6.30. The van der Waals surface area contributed by atoms with Crippen molar-refractivity contribution in [2.75, 3.05) is 6.54 Å². The Morgan fingerprint density at radius 2 is 2.18 bits per heavy atom. The molecule has 5 heteroatoms. The Balaban J connectivity index is 1.73. The van der Waals surface area contributed by atoms with Gasteiger partial charge < -0.3 is 4.90 Å². The van der Waals surface area contributed by atoms with Gasteiger partial charge in [0.25, 0.3) is 0 Å². The Hall–Kier alpha value is -1.68. The molecule has 1 fully saturated rings. The van der Waals surface area contributed by atoms with Gasteiger partial charge in [-0.3, -0.25) is 9.79 Å². The topological polar surface area (TPSA) is 45.0 Å². The van der Waals surface area contributed by atoms with Crippen LogP contribution in [-0.2, 0) is 10.3 Å². The number of nitrogens with zero attached hydrogens (tertiary/aromatic N) is 3. The first-order valence-electron chi connectivity index (χ1n) is 7.74. The predicted octanol–water partition coefficient (Wildman–Crippen LogP) is 3.44. The van der Waals surface area contributed by atoms with Gasteiger partial charge in [0.2, 0.25) is 5.91 Å². The highest BCUT2D eigenvalue weighted by Crippen LogP contribution is 2.33.